The first-order valence-electron chi connectivity index (χ1n) is 6.73. The predicted molar refractivity (Wildman–Crippen MR) is 83.0 cm³/mol. The fourth-order valence-corrected chi connectivity index (χ4v) is 2.13. The Morgan fingerprint density at radius 1 is 1.35 bits per heavy atom. The van der Waals surface area contributed by atoms with Crippen LogP contribution in [-0.4, -0.2) is 30.2 Å². The van der Waals surface area contributed by atoms with E-state index in [0.29, 0.717) is 17.1 Å². The number of anilines is 1. The molecule has 0 saturated carbocycles. The van der Waals surface area contributed by atoms with E-state index in [1.54, 1.807) is 12.1 Å². The van der Waals surface area contributed by atoms with Gasteiger partial charge in [-0.2, -0.15) is 0 Å². The van der Waals surface area contributed by atoms with Crippen molar-refractivity contribution in [1.29, 1.82) is 0 Å². The number of hydrogen-bond donors (Lipinski definition) is 3. The Bertz CT molecular complexity index is 444. The van der Waals surface area contributed by atoms with Crippen molar-refractivity contribution in [2.45, 2.75) is 33.2 Å². The van der Waals surface area contributed by atoms with Crippen LogP contribution in [-0.2, 0) is 4.79 Å². The van der Waals surface area contributed by atoms with Crippen molar-refractivity contribution in [2.24, 2.45) is 5.41 Å². The van der Waals surface area contributed by atoms with Crippen molar-refractivity contribution >= 4 is 23.2 Å². The largest absolute Gasteiger partial charge is 0.396 e. The van der Waals surface area contributed by atoms with Gasteiger partial charge in [0, 0.05) is 12.6 Å². The van der Waals surface area contributed by atoms with Crippen LogP contribution in [0.25, 0.3) is 0 Å². The summed E-state index contributed by atoms with van der Waals surface area (Å²) in [5.74, 6) is -0.148. The zero-order valence-electron chi connectivity index (χ0n) is 12.2. The van der Waals surface area contributed by atoms with Gasteiger partial charge in [-0.1, -0.05) is 44.5 Å². The number of halogens is 1. The number of hydrogen-bond acceptors (Lipinski definition) is 3. The number of benzene rings is 1. The maximum Gasteiger partial charge on any atom is 0.238 e. The average molecular weight is 299 g/mol. The molecular formula is C15H23ClN2O2. The van der Waals surface area contributed by atoms with Crippen molar-refractivity contribution in [1.82, 2.24) is 5.32 Å². The summed E-state index contributed by atoms with van der Waals surface area (Å²) in [6, 6.07) is 7.19. The van der Waals surface area contributed by atoms with Gasteiger partial charge in [-0.05, 0) is 24.0 Å². The van der Waals surface area contributed by atoms with Gasteiger partial charge in [0.25, 0.3) is 0 Å². The molecule has 5 heteroatoms. The summed E-state index contributed by atoms with van der Waals surface area (Å²) >= 11 is 5.99. The number of carbonyl (C=O) groups is 1. The maximum atomic E-state index is 11.9. The lowest BCUT2D eigenvalue weighted by Gasteiger charge is -2.31. The number of aliphatic hydroxyl groups is 1. The Morgan fingerprint density at radius 2 is 2.00 bits per heavy atom. The Kier molecular flexibility index (Phi) is 6.46. The van der Waals surface area contributed by atoms with Crippen LogP contribution in [0.4, 0.5) is 5.69 Å². The van der Waals surface area contributed by atoms with Crippen molar-refractivity contribution < 1.29 is 9.90 Å². The van der Waals surface area contributed by atoms with Crippen molar-refractivity contribution in [3.05, 3.63) is 29.3 Å². The Balaban J connectivity index is 2.52. The monoisotopic (exact) mass is 298 g/mol. The molecule has 0 aliphatic heterocycles. The summed E-state index contributed by atoms with van der Waals surface area (Å²) in [5.41, 5.74) is 0.586. The molecule has 0 aliphatic carbocycles. The lowest BCUT2D eigenvalue weighted by Crippen LogP contribution is -2.44. The molecule has 1 aromatic carbocycles. The molecule has 0 radical (unpaired) electrons. The fourth-order valence-electron chi connectivity index (χ4n) is 1.94. The zero-order chi connectivity index (χ0) is 15.2. The first-order valence-corrected chi connectivity index (χ1v) is 7.11. The predicted octanol–water partition coefficient (Wildman–Crippen LogP) is 2.67. The van der Waals surface area contributed by atoms with Crippen LogP contribution in [0.5, 0.6) is 0 Å². The molecule has 1 unspecified atom stereocenters. The highest BCUT2D eigenvalue weighted by atomic mass is 35.5. The van der Waals surface area contributed by atoms with E-state index in [9.17, 15) is 4.79 Å². The van der Waals surface area contributed by atoms with Gasteiger partial charge >= 0.3 is 0 Å². The highest BCUT2D eigenvalue weighted by molar-refractivity contribution is 6.33. The fraction of sp³-hybridized carbons (Fsp3) is 0.533. The normalized spacial score (nSPS) is 13.1. The van der Waals surface area contributed by atoms with E-state index in [4.69, 9.17) is 16.7 Å². The smallest absolute Gasteiger partial charge is 0.238 e. The van der Waals surface area contributed by atoms with E-state index in [0.717, 1.165) is 0 Å². The van der Waals surface area contributed by atoms with Crippen LogP contribution in [0.1, 0.15) is 27.2 Å². The molecule has 1 amide bonds. The SMILES string of the molecule is CC(C)(C)C(CCO)NCC(=O)Nc1ccccc1Cl. The lowest BCUT2D eigenvalue weighted by molar-refractivity contribution is -0.115. The second kappa shape index (κ2) is 7.62. The zero-order valence-corrected chi connectivity index (χ0v) is 13.0. The molecule has 1 atom stereocenters. The Morgan fingerprint density at radius 3 is 2.55 bits per heavy atom. The minimum Gasteiger partial charge on any atom is -0.396 e. The van der Waals surface area contributed by atoms with Crippen LogP contribution in [0, 0.1) is 5.41 Å². The molecule has 0 bridgehead atoms. The molecular weight excluding hydrogens is 276 g/mol. The standard InChI is InChI=1S/C15H23ClN2O2/c1-15(2,3)13(8-9-19)17-10-14(20)18-12-7-5-4-6-11(12)16/h4-7,13,17,19H,8-10H2,1-3H3,(H,18,20). The highest BCUT2D eigenvalue weighted by Crippen LogP contribution is 2.22. The van der Waals surface area contributed by atoms with Gasteiger partial charge in [0.2, 0.25) is 5.91 Å². The van der Waals surface area contributed by atoms with E-state index < -0.39 is 0 Å². The highest BCUT2D eigenvalue weighted by Gasteiger charge is 2.24. The van der Waals surface area contributed by atoms with E-state index in [2.05, 4.69) is 31.4 Å². The summed E-state index contributed by atoms with van der Waals surface area (Å²) in [7, 11) is 0. The number of rotatable bonds is 6. The Hall–Kier alpha value is -1.10. The van der Waals surface area contributed by atoms with Crippen LogP contribution in [0.2, 0.25) is 5.02 Å². The van der Waals surface area contributed by atoms with Gasteiger partial charge in [0.15, 0.2) is 0 Å². The third-order valence-electron chi connectivity index (χ3n) is 3.12. The van der Waals surface area contributed by atoms with Crippen molar-refractivity contribution in [3.8, 4) is 0 Å². The number of nitrogens with one attached hydrogen (secondary N) is 2. The molecule has 0 saturated heterocycles. The van der Waals surface area contributed by atoms with Gasteiger partial charge in [0.1, 0.15) is 0 Å². The first-order chi connectivity index (χ1) is 9.34. The quantitative estimate of drug-likeness (QED) is 0.757. The maximum absolute atomic E-state index is 11.9. The second-order valence-electron chi connectivity index (χ2n) is 5.84. The topological polar surface area (TPSA) is 61.4 Å². The molecule has 1 rings (SSSR count). The number of carbonyl (C=O) groups excluding carboxylic acids is 1. The molecule has 4 nitrogen and oxygen atoms in total. The van der Waals surface area contributed by atoms with Gasteiger partial charge < -0.3 is 15.7 Å². The number of aliphatic hydroxyl groups excluding tert-OH is 1. The van der Waals surface area contributed by atoms with Crippen molar-refractivity contribution in [3.63, 3.8) is 0 Å². The lowest BCUT2D eigenvalue weighted by atomic mass is 9.85. The summed E-state index contributed by atoms with van der Waals surface area (Å²) < 4.78 is 0. The van der Waals surface area contributed by atoms with Crippen LogP contribution >= 0.6 is 11.6 Å². The third kappa shape index (κ3) is 5.49. The van der Waals surface area contributed by atoms with Crippen LogP contribution < -0.4 is 10.6 Å². The summed E-state index contributed by atoms with van der Waals surface area (Å²) in [6.45, 7) is 6.51. The summed E-state index contributed by atoms with van der Waals surface area (Å²) in [5, 5.41) is 15.5. The summed E-state index contributed by atoms with van der Waals surface area (Å²) in [6.07, 6.45) is 0.614. The van der Waals surface area contributed by atoms with E-state index in [1.807, 2.05) is 12.1 Å². The van der Waals surface area contributed by atoms with Crippen LogP contribution in [0.15, 0.2) is 24.3 Å². The Labute approximate surface area is 125 Å². The average Bonchev–Trinajstić information content (AvgIpc) is 2.36. The van der Waals surface area contributed by atoms with Gasteiger partial charge in [0.05, 0.1) is 17.3 Å². The molecule has 0 fully saturated rings. The van der Waals surface area contributed by atoms with E-state index >= 15 is 0 Å². The van der Waals surface area contributed by atoms with Gasteiger partial charge in [-0.25, -0.2) is 0 Å². The molecule has 0 heterocycles. The van der Waals surface area contributed by atoms with E-state index in [-0.39, 0.29) is 30.5 Å². The summed E-state index contributed by atoms with van der Waals surface area (Å²) in [4.78, 5) is 11.9. The minimum atomic E-state index is -0.148. The van der Waals surface area contributed by atoms with Crippen LogP contribution in [0.3, 0.4) is 0 Å². The van der Waals surface area contributed by atoms with Gasteiger partial charge in [-0.15, -0.1) is 0 Å². The third-order valence-corrected chi connectivity index (χ3v) is 3.45. The first kappa shape index (κ1) is 17.0. The van der Waals surface area contributed by atoms with Gasteiger partial charge in [-0.3, -0.25) is 4.79 Å². The molecule has 3 N–H and O–H groups in total. The molecule has 112 valence electrons. The number of amides is 1. The molecule has 0 aliphatic rings. The van der Waals surface area contributed by atoms with Crippen molar-refractivity contribution in [2.75, 3.05) is 18.5 Å². The number of para-hydroxylation sites is 1. The minimum absolute atomic E-state index is 0.0204. The second-order valence-corrected chi connectivity index (χ2v) is 6.25. The molecule has 20 heavy (non-hydrogen) atoms. The molecule has 0 aromatic heterocycles. The molecule has 1 aromatic rings. The molecule has 0 spiro atoms. The van der Waals surface area contributed by atoms with E-state index in [1.165, 1.54) is 0 Å².